The lowest BCUT2D eigenvalue weighted by molar-refractivity contribution is 0.0761. The molecular weight excluding hydrogens is 170 g/mol. The maximum absolute atomic E-state index is 11.5. The Balaban J connectivity index is 2.67. The minimum atomic E-state index is -0.172. The first kappa shape index (κ1) is 9.73. The normalized spacial score (nSPS) is 10.1. The fourth-order valence-corrected chi connectivity index (χ4v) is 0.970. The second-order valence-corrected chi connectivity index (χ2v) is 2.87. The third-order valence-corrected chi connectivity index (χ3v) is 1.71. The van der Waals surface area contributed by atoms with E-state index in [1.165, 1.54) is 4.90 Å². The minimum Gasteiger partial charge on any atom is -0.395 e. The quantitative estimate of drug-likeness (QED) is 0.686. The van der Waals surface area contributed by atoms with Crippen LogP contribution in [-0.4, -0.2) is 45.7 Å². The molecule has 1 aromatic rings. The van der Waals surface area contributed by atoms with E-state index in [1.54, 1.807) is 31.2 Å². The monoisotopic (exact) mass is 183 g/mol. The van der Waals surface area contributed by atoms with Crippen molar-refractivity contribution in [1.29, 1.82) is 0 Å². The largest absolute Gasteiger partial charge is 0.395 e. The smallest absolute Gasteiger partial charge is 0.273 e. The van der Waals surface area contributed by atoms with Crippen LogP contribution in [0.15, 0.2) is 12.5 Å². The highest BCUT2D eigenvalue weighted by molar-refractivity contribution is 5.91. The van der Waals surface area contributed by atoms with Crippen LogP contribution in [0.3, 0.4) is 0 Å². The van der Waals surface area contributed by atoms with Crippen molar-refractivity contribution in [1.82, 2.24) is 14.5 Å². The molecule has 0 radical (unpaired) electrons. The first-order valence-electron chi connectivity index (χ1n) is 3.99. The van der Waals surface area contributed by atoms with Gasteiger partial charge in [-0.25, -0.2) is 4.98 Å². The molecule has 0 spiro atoms. The van der Waals surface area contributed by atoms with Gasteiger partial charge in [-0.05, 0) is 0 Å². The Hall–Kier alpha value is -1.36. The summed E-state index contributed by atoms with van der Waals surface area (Å²) >= 11 is 0. The number of likely N-dealkylation sites (N-methyl/N-ethyl adjacent to an activating group) is 1. The molecule has 13 heavy (non-hydrogen) atoms. The minimum absolute atomic E-state index is 0.0327. The van der Waals surface area contributed by atoms with Crippen LogP contribution >= 0.6 is 0 Å². The molecule has 0 aliphatic carbocycles. The van der Waals surface area contributed by atoms with Gasteiger partial charge in [0.25, 0.3) is 5.91 Å². The number of nitrogens with zero attached hydrogens (tertiary/aromatic N) is 3. The summed E-state index contributed by atoms with van der Waals surface area (Å²) in [5.41, 5.74) is 0.401. The number of amides is 1. The molecular formula is C8H13N3O2. The molecule has 1 rings (SSSR count). The molecule has 0 atom stereocenters. The summed E-state index contributed by atoms with van der Waals surface area (Å²) in [5, 5.41) is 8.62. The summed E-state index contributed by atoms with van der Waals surface area (Å²) in [5.74, 6) is -0.172. The highest BCUT2D eigenvalue weighted by atomic mass is 16.3. The van der Waals surface area contributed by atoms with E-state index >= 15 is 0 Å². The van der Waals surface area contributed by atoms with Crippen LogP contribution in [0, 0.1) is 0 Å². The second kappa shape index (κ2) is 4.04. The molecule has 0 fully saturated rings. The van der Waals surface area contributed by atoms with E-state index in [-0.39, 0.29) is 12.5 Å². The van der Waals surface area contributed by atoms with Gasteiger partial charge in [0.2, 0.25) is 0 Å². The van der Waals surface area contributed by atoms with Crippen molar-refractivity contribution in [3.05, 3.63) is 18.2 Å². The fourth-order valence-electron chi connectivity index (χ4n) is 0.970. The van der Waals surface area contributed by atoms with Crippen molar-refractivity contribution >= 4 is 5.91 Å². The third-order valence-electron chi connectivity index (χ3n) is 1.71. The van der Waals surface area contributed by atoms with Crippen molar-refractivity contribution in [2.24, 2.45) is 7.05 Å². The van der Waals surface area contributed by atoms with Crippen LogP contribution < -0.4 is 0 Å². The number of hydrogen-bond acceptors (Lipinski definition) is 3. The number of aryl methyl sites for hydroxylation is 1. The van der Waals surface area contributed by atoms with Crippen molar-refractivity contribution in [2.45, 2.75) is 0 Å². The van der Waals surface area contributed by atoms with E-state index in [9.17, 15) is 4.79 Å². The van der Waals surface area contributed by atoms with E-state index in [0.29, 0.717) is 12.2 Å². The topological polar surface area (TPSA) is 58.4 Å². The van der Waals surface area contributed by atoms with Crippen molar-refractivity contribution in [3.8, 4) is 0 Å². The van der Waals surface area contributed by atoms with E-state index in [0.717, 1.165) is 0 Å². The molecule has 0 saturated heterocycles. The van der Waals surface area contributed by atoms with Gasteiger partial charge in [-0.15, -0.1) is 0 Å². The molecule has 0 aromatic carbocycles. The number of aliphatic hydroxyl groups excluding tert-OH is 1. The van der Waals surface area contributed by atoms with Crippen molar-refractivity contribution in [2.75, 3.05) is 20.2 Å². The van der Waals surface area contributed by atoms with Gasteiger partial charge in [0, 0.05) is 26.8 Å². The first-order chi connectivity index (χ1) is 6.15. The standard InChI is InChI=1S/C8H13N3O2/c1-10-5-7(9-6-10)8(13)11(2)3-4-12/h5-6,12H,3-4H2,1-2H3. The van der Waals surface area contributed by atoms with Gasteiger partial charge in [0.15, 0.2) is 0 Å². The van der Waals surface area contributed by atoms with Gasteiger partial charge in [-0.2, -0.15) is 0 Å². The molecule has 5 heteroatoms. The molecule has 1 aromatic heterocycles. The molecule has 0 saturated carbocycles. The van der Waals surface area contributed by atoms with Crippen molar-refractivity contribution < 1.29 is 9.90 Å². The average molecular weight is 183 g/mol. The Morgan fingerprint density at radius 2 is 2.46 bits per heavy atom. The molecule has 0 aliphatic rings. The Morgan fingerprint density at radius 1 is 1.77 bits per heavy atom. The molecule has 1 heterocycles. The molecule has 0 unspecified atom stereocenters. The first-order valence-corrected chi connectivity index (χ1v) is 3.99. The molecule has 1 N–H and O–H groups in total. The van der Waals surface area contributed by atoms with Gasteiger partial charge in [0.1, 0.15) is 5.69 Å². The average Bonchev–Trinajstić information content (AvgIpc) is 2.51. The SMILES string of the molecule is CN(CCO)C(=O)c1cn(C)cn1. The highest BCUT2D eigenvalue weighted by Crippen LogP contribution is 1.98. The predicted octanol–water partition coefficient (Wildman–Crippen LogP) is -0.516. The number of aliphatic hydroxyl groups is 1. The lowest BCUT2D eigenvalue weighted by atomic mass is 10.4. The van der Waals surface area contributed by atoms with Gasteiger partial charge in [0.05, 0.1) is 12.9 Å². The Kier molecular flexibility index (Phi) is 3.02. The van der Waals surface area contributed by atoms with Crippen LogP contribution in [0.25, 0.3) is 0 Å². The third kappa shape index (κ3) is 2.29. The van der Waals surface area contributed by atoms with E-state index in [1.807, 2.05) is 0 Å². The zero-order chi connectivity index (χ0) is 9.84. The Bertz CT molecular complexity index is 295. The van der Waals surface area contributed by atoms with Crippen LogP contribution in [0.2, 0.25) is 0 Å². The number of hydrogen-bond donors (Lipinski definition) is 1. The van der Waals surface area contributed by atoms with Gasteiger partial charge in [-0.1, -0.05) is 0 Å². The summed E-state index contributed by atoms with van der Waals surface area (Å²) in [4.78, 5) is 16.8. The summed E-state index contributed by atoms with van der Waals surface area (Å²) in [6.45, 7) is 0.296. The molecule has 0 aliphatic heterocycles. The van der Waals surface area contributed by atoms with Gasteiger partial charge in [-0.3, -0.25) is 4.79 Å². The lowest BCUT2D eigenvalue weighted by Gasteiger charge is -2.13. The van der Waals surface area contributed by atoms with Crippen LogP contribution in [0.4, 0.5) is 0 Å². The number of rotatable bonds is 3. The molecule has 1 amide bonds. The number of carbonyl (C=O) groups is 1. The van der Waals surface area contributed by atoms with Gasteiger partial charge >= 0.3 is 0 Å². The summed E-state index contributed by atoms with van der Waals surface area (Å²) in [6, 6.07) is 0. The molecule has 5 nitrogen and oxygen atoms in total. The maximum atomic E-state index is 11.5. The number of aromatic nitrogens is 2. The Labute approximate surface area is 76.6 Å². The molecule has 72 valence electrons. The van der Waals surface area contributed by atoms with Crippen LogP contribution in [-0.2, 0) is 7.05 Å². The van der Waals surface area contributed by atoms with Crippen molar-refractivity contribution in [3.63, 3.8) is 0 Å². The fraction of sp³-hybridized carbons (Fsp3) is 0.500. The zero-order valence-corrected chi connectivity index (χ0v) is 7.77. The summed E-state index contributed by atoms with van der Waals surface area (Å²) < 4.78 is 1.71. The van der Waals surface area contributed by atoms with Crippen LogP contribution in [0.5, 0.6) is 0 Å². The van der Waals surface area contributed by atoms with E-state index in [4.69, 9.17) is 5.11 Å². The zero-order valence-electron chi connectivity index (χ0n) is 7.77. The lowest BCUT2D eigenvalue weighted by Crippen LogP contribution is -2.29. The second-order valence-electron chi connectivity index (χ2n) is 2.87. The maximum Gasteiger partial charge on any atom is 0.273 e. The molecule has 0 bridgehead atoms. The number of carbonyl (C=O) groups excluding carboxylic acids is 1. The van der Waals surface area contributed by atoms with Gasteiger partial charge < -0.3 is 14.6 Å². The van der Waals surface area contributed by atoms with E-state index < -0.39 is 0 Å². The van der Waals surface area contributed by atoms with Crippen LogP contribution in [0.1, 0.15) is 10.5 Å². The summed E-state index contributed by atoms with van der Waals surface area (Å²) in [6.07, 6.45) is 3.22. The highest BCUT2D eigenvalue weighted by Gasteiger charge is 2.12. The predicted molar refractivity (Wildman–Crippen MR) is 47.3 cm³/mol. The Morgan fingerprint density at radius 3 is 2.92 bits per heavy atom. The summed E-state index contributed by atoms with van der Waals surface area (Å²) in [7, 11) is 3.43. The van der Waals surface area contributed by atoms with E-state index in [2.05, 4.69) is 4.98 Å². The number of imidazole rings is 1.